The van der Waals surface area contributed by atoms with Gasteiger partial charge in [0.25, 0.3) is 11.8 Å². The highest BCUT2D eigenvalue weighted by Gasteiger charge is 2.31. The highest BCUT2D eigenvalue weighted by molar-refractivity contribution is 9.10. The van der Waals surface area contributed by atoms with Crippen molar-refractivity contribution in [2.45, 2.75) is 31.3 Å². The van der Waals surface area contributed by atoms with Crippen LogP contribution in [0.4, 0.5) is 0 Å². The fourth-order valence-corrected chi connectivity index (χ4v) is 6.78. The summed E-state index contributed by atoms with van der Waals surface area (Å²) in [4.78, 5) is 29.2. The molecule has 0 spiro atoms. The number of pyridine rings is 1. The van der Waals surface area contributed by atoms with E-state index in [2.05, 4.69) is 26.1 Å². The zero-order chi connectivity index (χ0) is 26.8. The Morgan fingerprint density at radius 1 is 1.21 bits per heavy atom. The van der Waals surface area contributed by atoms with Crippen molar-refractivity contribution >= 4 is 73.7 Å². The number of halogens is 4. The maximum atomic E-state index is 12.7. The summed E-state index contributed by atoms with van der Waals surface area (Å²) in [7, 11) is 1.53. The van der Waals surface area contributed by atoms with Crippen LogP contribution in [0.15, 0.2) is 39.4 Å². The maximum absolute atomic E-state index is 12.7. The SMILES string of the molecule is COc1cc(Br)cnc1OCC(=O)N1CCC(c2nc(C3=NOC(c4c(Cl)cc(Cl)cc4Cl)C3)cs2)CC1. The van der Waals surface area contributed by atoms with Crippen LogP contribution in [0, 0.1) is 0 Å². The van der Waals surface area contributed by atoms with Gasteiger partial charge in [-0.05, 0) is 40.9 Å². The van der Waals surface area contributed by atoms with Crippen molar-refractivity contribution in [2.24, 2.45) is 5.16 Å². The first kappa shape index (κ1) is 27.5. The Labute approximate surface area is 247 Å². The van der Waals surface area contributed by atoms with Gasteiger partial charge in [-0.15, -0.1) is 11.3 Å². The molecule has 0 saturated carbocycles. The average molecular weight is 661 g/mol. The third kappa shape index (κ3) is 6.04. The summed E-state index contributed by atoms with van der Waals surface area (Å²) in [6.45, 7) is 1.17. The molecule has 0 N–H and O–H groups in total. The number of carbonyl (C=O) groups is 1. The molecule has 4 heterocycles. The third-order valence-electron chi connectivity index (χ3n) is 6.39. The zero-order valence-corrected chi connectivity index (χ0v) is 24.8. The van der Waals surface area contributed by atoms with Crippen LogP contribution in [0.1, 0.15) is 47.5 Å². The minimum absolute atomic E-state index is 0.0851. The molecule has 1 amide bonds. The lowest BCUT2D eigenvalue weighted by atomic mass is 9.97. The van der Waals surface area contributed by atoms with Gasteiger partial charge in [-0.25, -0.2) is 9.97 Å². The number of nitrogens with zero attached hydrogens (tertiary/aromatic N) is 4. The van der Waals surface area contributed by atoms with Gasteiger partial charge in [-0.2, -0.15) is 0 Å². The van der Waals surface area contributed by atoms with Crippen molar-refractivity contribution in [2.75, 3.05) is 26.8 Å². The van der Waals surface area contributed by atoms with Crippen molar-refractivity contribution in [3.63, 3.8) is 0 Å². The van der Waals surface area contributed by atoms with Crippen LogP contribution in [0.25, 0.3) is 0 Å². The van der Waals surface area contributed by atoms with Crippen molar-refractivity contribution in [1.82, 2.24) is 14.9 Å². The second kappa shape index (κ2) is 12.0. The van der Waals surface area contributed by atoms with Crippen molar-refractivity contribution in [3.05, 3.63) is 65.6 Å². The second-order valence-corrected chi connectivity index (χ2v) is 11.9. The molecular formula is C25H22BrCl3N4O4S. The van der Waals surface area contributed by atoms with Gasteiger partial charge in [0.05, 0.1) is 27.9 Å². The number of piperidine rings is 1. The largest absolute Gasteiger partial charge is 0.491 e. The van der Waals surface area contributed by atoms with Crippen LogP contribution in [-0.2, 0) is 9.63 Å². The summed E-state index contributed by atoms with van der Waals surface area (Å²) in [5.74, 6) is 0.938. The van der Waals surface area contributed by atoms with Gasteiger partial charge in [0, 0.05) is 58.1 Å². The molecule has 2 aliphatic rings. The molecule has 0 bridgehead atoms. The molecule has 8 nitrogen and oxygen atoms in total. The highest BCUT2D eigenvalue weighted by atomic mass is 79.9. The lowest BCUT2D eigenvalue weighted by Crippen LogP contribution is -2.40. The van der Waals surface area contributed by atoms with Crippen LogP contribution in [0.5, 0.6) is 11.6 Å². The number of ether oxygens (including phenoxy) is 2. The van der Waals surface area contributed by atoms with Gasteiger partial charge in [-0.1, -0.05) is 40.0 Å². The first-order valence-corrected chi connectivity index (χ1v) is 14.6. The number of likely N-dealkylation sites (tertiary alicyclic amines) is 1. The summed E-state index contributed by atoms with van der Waals surface area (Å²) in [6, 6.07) is 5.03. The van der Waals surface area contributed by atoms with Crippen molar-refractivity contribution < 1.29 is 19.1 Å². The lowest BCUT2D eigenvalue weighted by Gasteiger charge is -2.31. The number of hydrogen-bond acceptors (Lipinski definition) is 8. The number of amides is 1. The van der Waals surface area contributed by atoms with Gasteiger partial charge >= 0.3 is 0 Å². The predicted octanol–water partition coefficient (Wildman–Crippen LogP) is 6.92. The van der Waals surface area contributed by atoms with E-state index in [0.717, 1.165) is 33.7 Å². The fourth-order valence-electron chi connectivity index (χ4n) is 4.41. The molecular weight excluding hydrogens is 639 g/mol. The van der Waals surface area contributed by atoms with E-state index in [1.807, 2.05) is 10.3 Å². The number of hydrogen-bond donors (Lipinski definition) is 0. The molecule has 1 atom stereocenters. The Morgan fingerprint density at radius 2 is 1.95 bits per heavy atom. The molecule has 1 saturated heterocycles. The number of thiazole rings is 1. The Balaban J connectivity index is 1.14. The van der Waals surface area contributed by atoms with E-state index in [-0.39, 0.29) is 24.3 Å². The van der Waals surface area contributed by atoms with Gasteiger partial charge in [0.15, 0.2) is 18.5 Å². The van der Waals surface area contributed by atoms with Gasteiger partial charge in [0.1, 0.15) is 5.71 Å². The topological polar surface area (TPSA) is 86.1 Å². The van der Waals surface area contributed by atoms with Gasteiger partial charge in [-0.3, -0.25) is 4.79 Å². The smallest absolute Gasteiger partial charge is 0.260 e. The van der Waals surface area contributed by atoms with Crippen LogP contribution < -0.4 is 9.47 Å². The summed E-state index contributed by atoms with van der Waals surface area (Å²) < 4.78 is 11.7. The van der Waals surface area contributed by atoms with Gasteiger partial charge < -0.3 is 19.2 Å². The number of benzene rings is 1. The van der Waals surface area contributed by atoms with Crippen molar-refractivity contribution in [1.29, 1.82) is 0 Å². The molecule has 0 radical (unpaired) electrons. The minimum atomic E-state index is -0.392. The molecule has 1 unspecified atom stereocenters. The summed E-state index contributed by atoms with van der Waals surface area (Å²) in [5, 5.41) is 8.63. The van der Waals surface area contributed by atoms with E-state index in [1.54, 1.807) is 35.7 Å². The average Bonchev–Trinajstić information content (AvgIpc) is 3.57. The molecule has 1 aromatic carbocycles. The van der Waals surface area contributed by atoms with Crippen LogP contribution in [-0.4, -0.2) is 53.3 Å². The number of aromatic nitrogens is 2. The van der Waals surface area contributed by atoms with Crippen LogP contribution >= 0.6 is 62.1 Å². The van der Waals surface area contributed by atoms with E-state index >= 15 is 0 Å². The molecule has 5 rings (SSSR count). The summed E-state index contributed by atoms with van der Waals surface area (Å²) in [5.41, 5.74) is 2.21. The van der Waals surface area contributed by atoms with Gasteiger partial charge in [0.2, 0.25) is 0 Å². The molecule has 3 aromatic rings. The predicted molar refractivity (Wildman–Crippen MR) is 151 cm³/mol. The van der Waals surface area contributed by atoms with E-state index in [9.17, 15) is 4.79 Å². The first-order valence-electron chi connectivity index (χ1n) is 11.8. The standard InChI is InChI=1S/C25H22BrCl3N4O4S/c1-35-21-6-14(26)10-30-24(21)36-11-22(34)33-4-2-13(3-5-33)25-31-19(12-38-25)18-9-20(37-32-18)23-16(28)7-15(27)8-17(23)29/h6-8,10,12-13,20H,2-5,9,11H2,1H3. The molecule has 13 heteroatoms. The third-order valence-corrected chi connectivity index (χ3v) is 8.67. The molecule has 0 aliphatic carbocycles. The second-order valence-electron chi connectivity index (χ2n) is 8.79. The normalized spacial score (nSPS) is 17.8. The molecule has 2 aliphatic heterocycles. The highest BCUT2D eigenvalue weighted by Crippen LogP contribution is 2.40. The Kier molecular flexibility index (Phi) is 8.64. The van der Waals surface area contributed by atoms with E-state index in [4.69, 9.17) is 54.1 Å². The zero-order valence-electron chi connectivity index (χ0n) is 20.1. The molecule has 2 aromatic heterocycles. The Bertz CT molecular complexity index is 1360. The van der Waals surface area contributed by atoms with Crippen molar-refractivity contribution in [3.8, 4) is 11.6 Å². The molecule has 1 fully saturated rings. The summed E-state index contributed by atoms with van der Waals surface area (Å²) in [6.07, 6.45) is 3.35. The van der Waals surface area contributed by atoms with Crippen LogP contribution in [0.2, 0.25) is 15.1 Å². The molecule has 38 heavy (non-hydrogen) atoms. The molecule has 200 valence electrons. The number of oxime groups is 1. The quantitative estimate of drug-likeness (QED) is 0.274. The summed E-state index contributed by atoms with van der Waals surface area (Å²) >= 11 is 23.7. The first-order chi connectivity index (χ1) is 18.3. The lowest BCUT2D eigenvalue weighted by molar-refractivity contribution is -0.134. The minimum Gasteiger partial charge on any atom is -0.491 e. The maximum Gasteiger partial charge on any atom is 0.260 e. The number of carbonyl (C=O) groups excluding carboxylic acids is 1. The fraction of sp³-hybridized carbons (Fsp3) is 0.360. The monoisotopic (exact) mass is 658 g/mol. The van der Waals surface area contributed by atoms with E-state index < -0.39 is 6.10 Å². The Morgan fingerprint density at radius 3 is 2.66 bits per heavy atom. The van der Waals surface area contributed by atoms with E-state index in [1.165, 1.54) is 7.11 Å². The number of methoxy groups -OCH3 is 1. The Hall–Kier alpha value is -2.11. The van der Waals surface area contributed by atoms with Crippen LogP contribution in [0.3, 0.4) is 0 Å². The number of rotatable bonds is 7. The van der Waals surface area contributed by atoms with E-state index in [0.29, 0.717) is 45.9 Å².